The highest BCUT2D eigenvalue weighted by Gasteiger charge is 2.54. The summed E-state index contributed by atoms with van der Waals surface area (Å²) in [6, 6.07) is 3.83. The highest BCUT2D eigenvalue weighted by atomic mass is 19.1. The van der Waals surface area contributed by atoms with E-state index in [1.54, 1.807) is 11.0 Å². The number of halogens is 1. The van der Waals surface area contributed by atoms with E-state index in [2.05, 4.69) is 25.5 Å². The van der Waals surface area contributed by atoms with E-state index < -0.39 is 11.3 Å². The third kappa shape index (κ3) is 5.02. The highest BCUT2D eigenvalue weighted by molar-refractivity contribution is 5.68. The van der Waals surface area contributed by atoms with E-state index in [-0.39, 0.29) is 24.1 Å². The molecular weight excluding hydrogens is 441 g/mol. The molecule has 1 aliphatic carbocycles. The molecule has 0 aromatic carbocycles. The lowest BCUT2D eigenvalue weighted by molar-refractivity contribution is 0.0274. The molecule has 34 heavy (non-hydrogen) atoms. The first-order chi connectivity index (χ1) is 16.1. The van der Waals surface area contributed by atoms with Crippen LogP contribution in [0.25, 0.3) is 0 Å². The standard InChI is InChI=1S/C23H32FN7O3/c1-14-9-18(29-28-14)25-17-10-19(31-12-23(24,13-31)15-5-6-15)27-20(26-17)33-16-7-8-30(11-16)21(32)34-22(2,3)4/h9-10,15-16H,5-8,11-13H2,1-4H3,(H2,25,26,27,28,29)/t16-/m0/s1. The van der Waals surface area contributed by atoms with E-state index in [0.29, 0.717) is 50.1 Å². The van der Waals surface area contributed by atoms with E-state index in [1.807, 2.05) is 38.7 Å². The number of nitrogens with zero attached hydrogens (tertiary/aromatic N) is 5. The monoisotopic (exact) mass is 473 g/mol. The minimum absolute atomic E-state index is 0.170. The van der Waals surface area contributed by atoms with Crippen molar-refractivity contribution in [1.29, 1.82) is 0 Å². The lowest BCUT2D eigenvalue weighted by Gasteiger charge is -2.45. The fourth-order valence-electron chi connectivity index (χ4n) is 4.38. The SMILES string of the molecule is Cc1cc(Nc2cc(N3CC(F)(C4CC4)C3)nc(O[C@H]3CCN(C(=O)OC(C)(C)C)C3)n2)n[nH]1. The van der Waals surface area contributed by atoms with Crippen molar-refractivity contribution in [3.63, 3.8) is 0 Å². The molecule has 3 fully saturated rings. The molecule has 10 nitrogen and oxygen atoms in total. The number of hydrogen-bond donors (Lipinski definition) is 2. The number of aryl methyl sites for hydroxylation is 1. The average Bonchev–Trinajstić information content (AvgIpc) is 3.35. The van der Waals surface area contributed by atoms with Gasteiger partial charge in [0.25, 0.3) is 0 Å². The first kappa shape index (κ1) is 22.7. The molecule has 4 heterocycles. The number of H-pyrrole nitrogens is 1. The number of carbonyl (C=O) groups is 1. The smallest absolute Gasteiger partial charge is 0.410 e. The Morgan fingerprint density at radius 2 is 1.97 bits per heavy atom. The van der Waals surface area contributed by atoms with Gasteiger partial charge in [0, 0.05) is 30.8 Å². The Morgan fingerprint density at radius 3 is 2.62 bits per heavy atom. The second-order valence-corrected chi connectivity index (χ2v) is 10.6. The zero-order valence-corrected chi connectivity index (χ0v) is 20.1. The number of ether oxygens (including phenoxy) is 2. The Kier molecular flexibility index (Phi) is 5.52. The van der Waals surface area contributed by atoms with Gasteiger partial charge < -0.3 is 24.6 Å². The predicted octanol–water partition coefficient (Wildman–Crippen LogP) is 3.58. The first-order valence-corrected chi connectivity index (χ1v) is 11.8. The molecule has 1 amide bonds. The van der Waals surface area contributed by atoms with Crippen LogP contribution in [0, 0.1) is 12.8 Å². The van der Waals surface area contributed by atoms with Crippen LogP contribution in [0.5, 0.6) is 6.01 Å². The lowest BCUT2D eigenvalue weighted by atomic mass is 9.91. The normalized spacial score (nSPS) is 21.9. The Bertz CT molecular complexity index is 1060. The maximum Gasteiger partial charge on any atom is 0.410 e. The summed E-state index contributed by atoms with van der Waals surface area (Å²) < 4.78 is 26.5. The zero-order valence-electron chi connectivity index (χ0n) is 20.1. The van der Waals surface area contributed by atoms with Crippen LogP contribution in [0.15, 0.2) is 12.1 Å². The molecular formula is C23H32FN7O3. The summed E-state index contributed by atoms with van der Waals surface area (Å²) in [5, 5.41) is 10.2. The van der Waals surface area contributed by atoms with Gasteiger partial charge in [0.15, 0.2) is 5.82 Å². The summed E-state index contributed by atoms with van der Waals surface area (Å²) in [7, 11) is 0. The summed E-state index contributed by atoms with van der Waals surface area (Å²) in [5.74, 6) is 1.90. The van der Waals surface area contributed by atoms with Gasteiger partial charge in [-0.05, 0) is 46.5 Å². The second kappa shape index (κ2) is 8.28. The van der Waals surface area contributed by atoms with Crippen LogP contribution in [0.4, 0.5) is 26.6 Å². The van der Waals surface area contributed by atoms with Gasteiger partial charge in [-0.1, -0.05) is 0 Å². The second-order valence-electron chi connectivity index (χ2n) is 10.6. The summed E-state index contributed by atoms with van der Waals surface area (Å²) in [6.45, 7) is 9.01. The Morgan fingerprint density at radius 1 is 1.21 bits per heavy atom. The van der Waals surface area contributed by atoms with Crippen molar-refractivity contribution in [2.24, 2.45) is 5.92 Å². The van der Waals surface area contributed by atoms with E-state index in [0.717, 1.165) is 18.5 Å². The van der Waals surface area contributed by atoms with Gasteiger partial charge >= 0.3 is 12.1 Å². The van der Waals surface area contributed by atoms with Crippen molar-refractivity contribution < 1.29 is 18.7 Å². The number of alkyl halides is 1. The molecule has 2 N–H and O–H groups in total. The van der Waals surface area contributed by atoms with Crippen molar-refractivity contribution in [3.8, 4) is 6.01 Å². The molecule has 1 saturated carbocycles. The number of aromatic nitrogens is 4. The van der Waals surface area contributed by atoms with Gasteiger partial charge in [-0.25, -0.2) is 9.18 Å². The molecule has 5 rings (SSSR count). The van der Waals surface area contributed by atoms with Crippen molar-refractivity contribution in [2.75, 3.05) is 36.4 Å². The minimum Gasteiger partial charge on any atom is -0.458 e. The average molecular weight is 474 g/mol. The van der Waals surface area contributed by atoms with E-state index >= 15 is 0 Å². The zero-order chi connectivity index (χ0) is 24.1. The van der Waals surface area contributed by atoms with Crippen molar-refractivity contribution in [2.45, 2.75) is 64.3 Å². The van der Waals surface area contributed by atoms with Gasteiger partial charge in [0.05, 0.1) is 19.6 Å². The summed E-state index contributed by atoms with van der Waals surface area (Å²) in [5.41, 5.74) is -0.768. The summed E-state index contributed by atoms with van der Waals surface area (Å²) in [6.07, 6.45) is 1.95. The minimum atomic E-state index is -1.13. The fourth-order valence-corrected chi connectivity index (χ4v) is 4.38. The van der Waals surface area contributed by atoms with Crippen molar-refractivity contribution >= 4 is 23.5 Å². The van der Waals surface area contributed by atoms with Crippen LogP contribution in [-0.2, 0) is 4.74 Å². The van der Waals surface area contributed by atoms with Gasteiger partial charge in [-0.3, -0.25) is 5.10 Å². The number of rotatable bonds is 6. The van der Waals surface area contributed by atoms with E-state index in [4.69, 9.17) is 9.47 Å². The number of amides is 1. The molecule has 11 heteroatoms. The maximum atomic E-state index is 14.9. The van der Waals surface area contributed by atoms with Gasteiger partial charge in [-0.2, -0.15) is 15.1 Å². The number of carbonyl (C=O) groups excluding carboxylic acids is 1. The Balaban J connectivity index is 1.30. The van der Waals surface area contributed by atoms with E-state index in [1.165, 1.54) is 0 Å². The lowest BCUT2D eigenvalue weighted by Crippen LogP contribution is -2.60. The first-order valence-electron chi connectivity index (χ1n) is 11.8. The van der Waals surface area contributed by atoms with Crippen LogP contribution >= 0.6 is 0 Å². The molecule has 2 saturated heterocycles. The van der Waals surface area contributed by atoms with Crippen LogP contribution < -0.4 is 15.0 Å². The van der Waals surface area contributed by atoms with Crippen molar-refractivity contribution in [3.05, 3.63) is 17.8 Å². The Labute approximate surface area is 198 Å². The van der Waals surface area contributed by atoms with E-state index in [9.17, 15) is 9.18 Å². The molecule has 2 aliphatic heterocycles. The molecule has 0 unspecified atom stereocenters. The third-order valence-electron chi connectivity index (χ3n) is 6.26. The van der Waals surface area contributed by atoms with Crippen molar-refractivity contribution in [1.82, 2.24) is 25.1 Å². The number of hydrogen-bond acceptors (Lipinski definition) is 8. The van der Waals surface area contributed by atoms with Crippen LogP contribution in [0.2, 0.25) is 0 Å². The van der Waals surface area contributed by atoms with Crippen LogP contribution in [-0.4, -0.2) is 74.7 Å². The highest BCUT2D eigenvalue weighted by Crippen LogP contribution is 2.48. The van der Waals surface area contributed by atoms with Gasteiger partial charge in [0.1, 0.15) is 29.0 Å². The number of aromatic amines is 1. The van der Waals surface area contributed by atoms with Gasteiger partial charge in [-0.15, -0.1) is 0 Å². The largest absolute Gasteiger partial charge is 0.458 e. The van der Waals surface area contributed by atoms with Gasteiger partial charge in [0.2, 0.25) is 0 Å². The number of likely N-dealkylation sites (tertiary alicyclic amines) is 1. The van der Waals surface area contributed by atoms with Crippen LogP contribution in [0.1, 0.15) is 45.7 Å². The molecule has 2 aromatic rings. The molecule has 0 bridgehead atoms. The molecule has 184 valence electrons. The third-order valence-corrected chi connectivity index (χ3v) is 6.26. The fraction of sp³-hybridized carbons (Fsp3) is 0.652. The molecule has 1 atom stereocenters. The molecule has 0 radical (unpaired) electrons. The maximum absolute atomic E-state index is 14.9. The molecule has 2 aromatic heterocycles. The summed E-state index contributed by atoms with van der Waals surface area (Å²) >= 11 is 0. The van der Waals surface area contributed by atoms with Crippen LogP contribution in [0.3, 0.4) is 0 Å². The number of anilines is 3. The Hall–Kier alpha value is -3.11. The quantitative estimate of drug-likeness (QED) is 0.655. The predicted molar refractivity (Wildman–Crippen MR) is 124 cm³/mol. The summed E-state index contributed by atoms with van der Waals surface area (Å²) in [4.78, 5) is 25.0. The number of nitrogens with one attached hydrogen (secondary N) is 2. The topological polar surface area (TPSA) is 108 Å². The molecule has 3 aliphatic rings. The molecule has 0 spiro atoms.